The molecule has 28 heavy (non-hydrogen) atoms. The van der Waals surface area contributed by atoms with Gasteiger partial charge in [-0.2, -0.15) is 0 Å². The highest BCUT2D eigenvalue weighted by Gasteiger charge is 2.40. The number of methoxy groups -OCH3 is 1. The van der Waals surface area contributed by atoms with Crippen LogP contribution in [0.1, 0.15) is 98.3 Å². The van der Waals surface area contributed by atoms with Gasteiger partial charge >= 0.3 is 11.9 Å². The van der Waals surface area contributed by atoms with Crippen LogP contribution < -0.4 is 0 Å². The summed E-state index contributed by atoms with van der Waals surface area (Å²) in [5.74, 6) is 0.987. The van der Waals surface area contributed by atoms with E-state index in [0.29, 0.717) is 12.5 Å². The van der Waals surface area contributed by atoms with Crippen LogP contribution in [0.4, 0.5) is 0 Å². The normalized spacial score (nSPS) is 23.4. The zero-order valence-electron chi connectivity index (χ0n) is 19.0. The number of rotatable bonds is 13. The van der Waals surface area contributed by atoms with E-state index >= 15 is 0 Å². The molecular weight excluding hydrogens is 352 g/mol. The van der Waals surface area contributed by atoms with Crippen LogP contribution in [-0.4, -0.2) is 25.7 Å². The minimum Gasteiger partial charge on any atom is -0.469 e. The van der Waals surface area contributed by atoms with Crippen molar-refractivity contribution in [1.82, 2.24) is 0 Å². The number of hydrogen-bond donors (Lipinski definition) is 0. The highest BCUT2D eigenvalue weighted by Crippen LogP contribution is 2.38. The SMILES string of the molecule is CCCCOC(=O)C1CC(CCCC(C)CCCC(C)C)CCC1C(=O)OC. The first-order valence-corrected chi connectivity index (χ1v) is 11.6. The van der Waals surface area contributed by atoms with E-state index in [0.717, 1.165) is 50.4 Å². The molecule has 0 spiro atoms. The minimum atomic E-state index is -0.328. The highest BCUT2D eigenvalue weighted by molar-refractivity contribution is 5.82. The number of esters is 2. The Morgan fingerprint density at radius 2 is 1.64 bits per heavy atom. The van der Waals surface area contributed by atoms with E-state index in [-0.39, 0.29) is 23.8 Å². The predicted molar refractivity (Wildman–Crippen MR) is 114 cm³/mol. The average molecular weight is 397 g/mol. The van der Waals surface area contributed by atoms with Gasteiger partial charge in [-0.15, -0.1) is 0 Å². The largest absolute Gasteiger partial charge is 0.469 e. The summed E-state index contributed by atoms with van der Waals surface area (Å²) in [5, 5.41) is 0. The van der Waals surface area contributed by atoms with E-state index in [1.165, 1.54) is 39.2 Å². The van der Waals surface area contributed by atoms with Crippen LogP contribution in [0.25, 0.3) is 0 Å². The molecule has 0 heterocycles. The van der Waals surface area contributed by atoms with Gasteiger partial charge in [0.2, 0.25) is 0 Å². The second-order valence-corrected chi connectivity index (χ2v) is 9.30. The van der Waals surface area contributed by atoms with Gasteiger partial charge in [0.05, 0.1) is 25.6 Å². The monoisotopic (exact) mass is 396 g/mol. The average Bonchev–Trinajstić information content (AvgIpc) is 2.67. The molecule has 0 radical (unpaired) electrons. The van der Waals surface area contributed by atoms with E-state index in [2.05, 4.69) is 27.7 Å². The van der Waals surface area contributed by atoms with Gasteiger partial charge in [0, 0.05) is 0 Å². The molecule has 1 saturated carbocycles. The van der Waals surface area contributed by atoms with Crippen molar-refractivity contribution in [3.05, 3.63) is 0 Å². The molecule has 1 fully saturated rings. The number of carbonyl (C=O) groups excluding carboxylic acids is 2. The van der Waals surface area contributed by atoms with Crippen LogP contribution in [0.15, 0.2) is 0 Å². The van der Waals surface area contributed by atoms with Gasteiger partial charge in [-0.05, 0) is 43.4 Å². The quantitative estimate of drug-likeness (QED) is 0.276. The maximum atomic E-state index is 12.6. The van der Waals surface area contributed by atoms with E-state index in [1.807, 2.05) is 0 Å². The van der Waals surface area contributed by atoms with Gasteiger partial charge in [-0.25, -0.2) is 0 Å². The van der Waals surface area contributed by atoms with Gasteiger partial charge in [0.25, 0.3) is 0 Å². The van der Waals surface area contributed by atoms with Crippen molar-refractivity contribution < 1.29 is 19.1 Å². The summed E-state index contributed by atoms with van der Waals surface area (Å²) in [6.07, 6.45) is 12.0. The topological polar surface area (TPSA) is 52.6 Å². The molecule has 1 rings (SSSR count). The molecule has 0 N–H and O–H groups in total. The van der Waals surface area contributed by atoms with E-state index < -0.39 is 0 Å². The maximum absolute atomic E-state index is 12.6. The Balaban J connectivity index is 2.45. The standard InChI is InChI=1S/C24H44O4/c1-6-7-16-28-24(26)22-17-20(14-15-21(22)23(25)27-5)13-9-12-19(4)11-8-10-18(2)3/h18-22H,6-17H2,1-5H3. The molecule has 0 aromatic heterocycles. The molecule has 4 unspecified atom stereocenters. The van der Waals surface area contributed by atoms with Crippen molar-refractivity contribution >= 4 is 11.9 Å². The van der Waals surface area contributed by atoms with Crippen molar-refractivity contribution in [3.63, 3.8) is 0 Å². The van der Waals surface area contributed by atoms with Crippen LogP contribution in [0.3, 0.4) is 0 Å². The van der Waals surface area contributed by atoms with Crippen LogP contribution in [0.5, 0.6) is 0 Å². The van der Waals surface area contributed by atoms with Gasteiger partial charge < -0.3 is 9.47 Å². The van der Waals surface area contributed by atoms with Crippen molar-refractivity contribution in [2.24, 2.45) is 29.6 Å². The molecule has 0 aliphatic heterocycles. The lowest BCUT2D eigenvalue weighted by Gasteiger charge is -2.33. The number of carbonyl (C=O) groups is 2. The zero-order valence-corrected chi connectivity index (χ0v) is 19.0. The summed E-state index contributed by atoms with van der Waals surface area (Å²) >= 11 is 0. The van der Waals surface area contributed by atoms with Gasteiger partial charge in [0.1, 0.15) is 0 Å². The molecule has 1 aliphatic carbocycles. The Kier molecular flexibility index (Phi) is 12.5. The van der Waals surface area contributed by atoms with Crippen LogP contribution in [0, 0.1) is 29.6 Å². The smallest absolute Gasteiger partial charge is 0.309 e. The van der Waals surface area contributed by atoms with Crippen molar-refractivity contribution in [2.75, 3.05) is 13.7 Å². The second kappa shape index (κ2) is 14.0. The molecular formula is C24H44O4. The molecule has 4 atom stereocenters. The molecule has 0 bridgehead atoms. The molecule has 0 aromatic carbocycles. The van der Waals surface area contributed by atoms with Gasteiger partial charge in [-0.1, -0.05) is 72.6 Å². The first kappa shape index (κ1) is 25.0. The first-order chi connectivity index (χ1) is 13.4. The van der Waals surface area contributed by atoms with Crippen LogP contribution in [0.2, 0.25) is 0 Å². The summed E-state index contributed by atoms with van der Waals surface area (Å²) < 4.78 is 10.4. The summed E-state index contributed by atoms with van der Waals surface area (Å²) in [7, 11) is 1.41. The Hall–Kier alpha value is -1.06. The summed E-state index contributed by atoms with van der Waals surface area (Å²) in [4.78, 5) is 24.7. The fourth-order valence-corrected chi connectivity index (χ4v) is 4.41. The lowest BCUT2D eigenvalue weighted by atomic mass is 9.72. The summed E-state index contributed by atoms with van der Waals surface area (Å²) in [5.41, 5.74) is 0. The first-order valence-electron chi connectivity index (χ1n) is 11.6. The minimum absolute atomic E-state index is 0.199. The van der Waals surface area contributed by atoms with E-state index in [9.17, 15) is 9.59 Å². The summed E-state index contributed by atoms with van der Waals surface area (Å²) in [6.45, 7) is 9.48. The fourth-order valence-electron chi connectivity index (χ4n) is 4.41. The zero-order chi connectivity index (χ0) is 20.9. The second-order valence-electron chi connectivity index (χ2n) is 9.30. The third-order valence-electron chi connectivity index (χ3n) is 6.30. The Bertz CT molecular complexity index is 446. The van der Waals surface area contributed by atoms with Gasteiger partial charge in [0.15, 0.2) is 0 Å². The Labute approximate surface area is 173 Å². The predicted octanol–water partition coefficient (Wildman–Crippen LogP) is 6.17. The number of unbranched alkanes of at least 4 members (excludes halogenated alkanes) is 1. The Morgan fingerprint density at radius 3 is 2.29 bits per heavy atom. The van der Waals surface area contributed by atoms with Crippen molar-refractivity contribution in [1.29, 1.82) is 0 Å². The van der Waals surface area contributed by atoms with Crippen LogP contribution >= 0.6 is 0 Å². The number of hydrogen-bond acceptors (Lipinski definition) is 4. The van der Waals surface area contributed by atoms with Gasteiger partial charge in [-0.3, -0.25) is 9.59 Å². The molecule has 0 aromatic rings. The summed E-state index contributed by atoms with van der Waals surface area (Å²) in [6, 6.07) is 0. The van der Waals surface area contributed by atoms with Crippen molar-refractivity contribution in [2.45, 2.75) is 98.3 Å². The molecule has 1 aliphatic rings. The highest BCUT2D eigenvalue weighted by atomic mass is 16.5. The fraction of sp³-hybridized carbons (Fsp3) is 0.917. The molecule has 0 saturated heterocycles. The Morgan fingerprint density at radius 1 is 0.929 bits per heavy atom. The lowest BCUT2D eigenvalue weighted by Crippen LogP contribution is -2.37. The molecule has 0 amide bonds. The lowest BCUT2D eigenvalue weighted by molar-refractivity contribution is -0.162. The third-order valence-corrected chi connectivity index (χ3v) is 6.30. The molecule has 164 valence electrons. The molecule has 4 heteroatoms. The maximum Gasteiger partial charge on any atom is 0.309 e. The third kappa shape index (κ3) is 9.43. The number of ether oxygens (including phenoxy) is 2. The van der Waals surface area contributed by atoms with E-state index in [4.69, 9.17) is 9.47 Å². The molecule has 4 nitrogen and oxygen atoms in total. The van der Waals surface area contributed by atoms with Crippen molar-refractivity contribution in [3.8, 4) is 0 Å². The van der Waals surface area contributed by atoms with E-state index in [1.54, 1.807) is 0 Å². The van der Waals surface area contributed by atoms with Crippen LogP contribution in [-0.2, 0) is 19.1 Å².